The lowest BCUT2D eigenvalue weighted by Crippen LogP contribution is -2.26. The first-order chi connectivity index (χ1) is 9.49. The van der Waals surface area contributed by atoms with Crippen molar-refractivity contribution in [3.05, 3.63) is 63.1 Å². The van der Waals surface area contributed by atoms with Crippen molar-refractivity contribution in [2.24, 2.45) is 0 Å². The lowest BCUT2D eigenvalue weighted by atomic mass is 10.1. The van der Waals surface area contributed by atoms with Crippen LogP contribution in [-0.4, -0.2) is 23.0 Å². The molecule has 0 saturated heterocycles. The number of halogens is 2. The van der Waals surface area contributed by atoms with E-state index in [2.05, 4.69) is 15.9 Å². The number of hydrogen-bond donors (Lipinski definition) is 1. The second-order valence-corrected chi connectivity index (χ2v) is 5.70. The molecule has 0 spiro atoms. The predicted octanol–water partition coefficient (Wildman–Crippen LogP) is 4.08. The largest absolute Gasteiger partial charge is 0.507 e. The molecule has 0 aliphatic rings. The fourth-order valence-corrected chi connectivity index (χ4v) is 2.42. The molecule has 3 nitrogen and oxygen atoms in total. The summed E-state index contributed by atoms with van der Waals surface area (Å²) in [5, 5.41) is 10.2. The molecule has 5 heteroatoms. The van der Waals surface area contributed by atoms with Gasteiger partial charge in [-0.3, -0.25) is 4.79 Å². The highest BCUT2D eigenvalue weighted by atomic mass is 79.9. The number of hydrogen-bond acceptors (Lipinski definition) is 2. The number of benzene rings is 2. The van der Waals surface area contributed by atoms with E-state index in [1.54, 1.807) is 13.1 Å². The summed E-state index contributed by atoms with van der Waals surface area (Å²) >= 11 is 9.31. The van der Waals surface area contributed by atoms with Gasteiger partial charge in [-0.2, -0.15) is 0 Å². The first-order valence-corrected chi connectivity index (χ1v) is 7.13. The van der Waals surface area contributed by atoms with Crippen LogP contribution in [0.15, 0.2) is 46.9 Å². The number of carbonyl (C=O) groups is 1. The summed E-state index contributed by atoms with van der Waals surface area (Å²) in [7, 11) is 1.68. The topological polar surface area (TPSA) is 40.5 Å². The van der Waals surface area contributed by atoms with Crippen LogP contribution in [0.1, 0.15) is 15.9 Å². The van der Waals surface area contributed by atoms with Crippen LogP contribution in [0.25, 0.3) is 0 Å². The Morgan fingerprint density at radius 3 is 2.70 bits per heavy atom. The summed E-state index contributed by atoms with van der Waals surface area (Å²) < 4.78 is 0.940. The van der Waals surface area contributed by atoms with Crippen LogP contribution in [0.3, 0.4) is 0 Å². The van der Waals surface area contributed by atoms with Gasteiger partial charge in [0.2, 0.25) is 0 Å². The molecular weight excluding hydrogens is 342 g/mol. The average molecular weight is 355 g/mol. The predicted molar refractivity (Wildman–Crippen MR) is 83.1 cm³/mol. The van der Waals surface area contributed by atoms with Crippen LogP contribution in [0.4, 0.5) is 0 Å². The van der Waals surface area contributed by atoms with E-state index in [0.29, 0.717) is 11.6 Å². The quantitative estimate of drug-likeness (QED) is 0.902. The summed E-state index contributed by atoms with van der Waals surface area (Å²) in [5.41, 5.74) is 1.19. The zero-order valence-corrected chi connectivity index (χ0v) is 13.1. The maximum Gasteiger partial charge on any atom is 0.257 e. The molecule has 0 aliphatic carbocycles. The van der Waals surface area contributed by atoms with Crippen LogP contribution in [0.2, 0.25) is 5.02 Å². The Hall–Kier alpha value is -1.52. The maximum atomic E-state index is 12.3. The number of rotatable bonds is 3. The van der Waals surface area contributed by atoms with Crippen molar-refractivity contribution in [3.63, 3.8) is 0 Å². The highest BCUT2D eigenvalue weighted by Gasteiger charge is 2.17. The summed E-state index contributed by atoms with van der Waals surface area (Å²) in [5.74, 6) is -0.348. The molecule has 0 fully saturated rings. The van der Waals surface area contributed by atoms with E-state index < -0.39 is 0 Å². The van der Waals surface area contributed by atoms with Gasteiger partial charge in [-0.1, -0.05) is 45.7 Å². The standard InChI is InChI=1S/C15H13BrClNO2/c1-18(9-10-4-2-3-5-13(10)16)15(20)12-8-11(17)6-7-14(12)19/h2-8,19H,9H2,1H3. The van der Waals surface area contributed by atoms with Crippen LogP contribution >= 0.6 is 27.5 Å². The second-order valence-electron chi connectivity index (χ2n) is 4.41. The Morgan fingerprint density at radius 2 is 2.00 bits per heavy atom. The number of aromatic hydroxyl groups is 1. The van der Waals surface area contributed by atoms with E-state index in [0.717, 1.165) is 10.0 Å². The van der Waals surface area contributed by atoms with E-state index in [-0.39, 0.29) is 17.2 Å². The Bertz CT molecular complexity index is 646. The van der Waals surface area contributed by atoms with E-state index >= 15 is 0 Å². The highest BCUT2D eigenvalue weighted by molar-refractivity contribution is 9.10. The van der Waals surface area contributed by atoms with Crippen LogP contribution in [-0.2, 0) is 6.54 Å². The molecule has 2 aromatic carbocycles. The number of phenols is 1. The molecule has 0 bridgehead atoms. The SMILES string of the molecule is CN(Cc1ccccc1Br)C(=O)c1cc(Cl)ccc1O. The third-order valence-corrected chi connectivity index (χ3v) is 3.91. The van der Waals surface area contributed by atoms with Gasteiger partial charge in [-0.05, 0) is 29.8 Å². The van der Waals surface area contributed by atoms with Gasteiger partial charge in [-0.25, -0.2) is 0 Å². The van der Waals surface area contributed by atoms with E-state index in [1.165, 1.54) is 17.0 Å². The van der Waals surface area contributed by atoms with Gasteiger partial charge < -0.3 is 10.0 Å². The zero-order valence-electron chi connectivity index (χ0n) is 10.8. The van der Waals surface area contributed by atoms with Crippen molar-refractivity contribution < 1.29 is 9.90 Å². The van der Waals surface area contributed by atoms with Crippen LogP contribution in [0.5, 0.6) is 5.75 Å². The van der Waals surface area contributed by atoms with Crippen molar-refractivity contribution in [2.75, 3.05) is 7.05 Å². The molecule has 0 saturated carbocycles. The molecule has 0 radical (unpaired) electrons. The third kappa shape index (κ3) is 3.32. The van der Waals surface area contributed by atoms with E-state index in [9.17, 15) is 9.90 Å². The fraction of sp³-hybridized carbons (Fsp3) is 0.133. The molecule has 0 aromatic heterocycles. The van der Waals surface area contributed by atoms with Gasteiger partial charge in [0.05, 0.1) is 5.56 Å². The summed E-state index contributed by atoms with van der Waals surface area (Å²) in [4.78, 5) is 13.9. The average Bonchev–Trinajstić information content (AvgIpc) is 2.43. The van der Waals surface area contributed by atoms with Crippen molar-refractivity contribution >= 4 is 33.4 Å². The summed E-state index contributed by atoms with van der Waals surface area (Å²) in [6.45, 7) is 0.437. The van der Waals surface area contributed by atoms with Crippen molar-refractivity contribution in [2.45, 2.75) is 6.54 Å². The molecule has 0 heterocycles. The minimum absolute atomic E-state index is 0.0709. The molecular formula is C15H13BrClNO2. The van der Waals surface area contributed by atoms with Crippen molar-refractivity contribution in [3.8, 4) is 5.75 Å². The lowest BCUT2D eigenvalue weighted by molar-refractivity contribution is 0.0782. The van der Waals surface area contributed by atoms with Gasteiger partial charge in [0.25, 0.3) is 5.91 Å². The maximum absolute atomic E-state index is 12.3. The first-order valence-electron chi connectivity index (χ1n) is 5.96. The first kappa shape index (κ1) is 14.9. The lowest BCUT2D eigenvalue weighted by Gasteiger charge is -2.18. The van der Waals surface area contributed by atoms with Gasteiger partial charge in [0.1, 0.15) is 5.75 Å². The number of carbonyl (C=O) groups excluding carboxylic acids is 1. The molecule has 2 rings (SSSR count). The third-order valence-electron chi connectivity index (χ3n) is 2.90. The monoisotopic (exact) mass is 353 g/mol. The minimum atomic E-state index is -0.277. The van der Waals surface area contributed by atoms with Crippen molar-refractivity contribution in [1.29, 1.82) is 0 Å². The molecule has 0 aliphatic heterocycles. The van der Waals surface area contributed by atoms with Gasteiger partial charge >= 0.3 is 0 Å². The van der Waals surface area contributed by atoms with Gasteiger partial charge in [-0.15, -0.1) is 0 Å². The van der Waals surface area contributed by atoms with Crippen LogP contribution in [0, 0.1) is 0 Å². The second kappa shape index (κ2) is 6.29. The Balaban J connectivity index is 2.21. The number of amides is 1. The molecule has 1 N–H and O–H groups in total. The van der Waals surface area contributed by atoms with E-state index in [1.807, 2.05) is 24.3 Å². The molecule has 0 atom stereocenters. The summed E-state index contributed by atoms with van der Waals surface area (Å²) in [6, 6.07) is 12.1. The Morgan fingerprint density at radius 1 is 1.30 bits per heavy atom. The fourth-order valence-electron chi connectivity index (χ4n) is 1.84. The Kier molecular flexibility index (Phi) is 4.68. The van der Waals surface area contributed by atoms with Gasteiger partial charge in [0.15, 0.2) is 0 Å². The molecule has 2 aromatic rings. The van der Waals surface area contributed by atoms with Crippen LogP contribution < -0.4 is 0 Å². The molecule has 20 heavy (non-hydrogen) atoms. The van der Waals surface area contributed by atoms with Crippen molar-refractivity contribution in [1.82, 2.24) is 4.90 Å². The zero-order chi connectivity index (χ0) is 14.7. The molecule has 1 amide bonds. The van der Waals surface area contributed by atoms with E-state index in [4.69, 9.17) is 11.6 Å². The number of nitrogens with zero attached hydrogens (tertiary/aromatic N) is 1. The minimum Gasteiger partial charge on any atom is -0.507 e. The normalized spacial score (nSPS) is 10.3. The van der Waals surface area contributed by atoms with Gasteiger partial charge in [0, 0.05) is 23.1 Å². The smallest absolute Gasteiger partial charge is 0.257 e. The highest BCUT2D eigenvalue weighted by Crippen LogP contribution is 2.24. The molecule has 104 valence electrons. The Labute approximate surface area is 130 Å². The summed E-state index contributed by atoms with van der Waals surface area (Å²) in [6.07, 6.45) is 0. The molecule has 0 unspecified atom stereocenters. The number of phenolic OH excluding ortho intramolecular Hbond substituents is 1.